The Morgan fingerprint density at radius 3 is 1.89 bits per heavy atom. The topological polar surface area (TPSA) is 65.1 Å². The van der Waals surface area contributed by atoms with Gasteiger partial charge in [-0.25, -0.2) is 9.69 Å². The van der Waals surface area contributed by atoms with Crippen molar-refractivity contribution in [3.05, 3.63) is 83.9 Å². The minimum absolute atomic E-state index is 0.0283. The number of carbonyl (C=O) groups is 2. The molecule has 2 aliphatic rings. The summed E-state index contributed by atoms with van der Waals surface area (Å²) in [5, 5.41) is 0. The number of nitrogens with zero attached hydrogens (tertiary/aromatic N) is 1. The first-order valence-electron chi connectivity index (χ1n) is 17.1. The first kappa shape index (κ1) is 33.9. The van der Waals surface area contributed by atoms with Gasteiger partial charge in [-0.15, -0.1) is 0 Å². The van der Waals surface area contributed by atoms with E-state index in [1.54, 1.807) is 6.08 Å². The molecule has 0 bridgehead atoms. The zero-order valence-corrected chi connectivity index (χ0v) is 27.2. The van der Waals surface area contributed by atoms with E-state index < -0.39 is 17.7 Å². The van der Waals surface area contributed by atoms with Crippen LogP contribution in [0.5, 0.6) is 0 Å². The predicted molar refractivity (Wildman–Crippen MR) is 175 cm³/mol. The molecule has 2 aromatic rings. The Morgan fingerprint density at radius 2 is 1.34 bits per heavy atom. The monoisotopic (exact) mass is 603 g/mol. The fourth-order valence-corrected chi connectivity index (χ4v) is 6.89. The maximum atomic E-state index is 13.5. The minimum atomic E-state index is -1.07. The van der Waals surface area contributed by atoms with Crippen LogP contribution in [0.2, 0.25) is 0 Å². The van der Waals surface area contributed by atoms with E-state index in [2.05, 4.69) is 6.92 Å². The lowest BCUT2D eigenvalue weighted by Gasteiger charge is -2.37. The lowest BCUT2D eigenvalue weighted by Crippen LogP contribution is -2.49. The maximum absolute atomic E-state index is 13.5. The van der Waals surface area contributed by atoms with Gasteiger partial charge in [-0.2, -0.15) is 0 Å². The molecule has 2 aromatic carbocycles. The van der Waals surface area contributed by atoms with Gasteiger partial charge in [-0.05, 0) is 37.7 Å². The van der Waals surface area contributed by atoms with Gasteiger partial charge < -0.3 is 14.2 Å². The quantitative estimate of drug-likeness (QED) is 0.125. The lowest BCUT2D eigenvalue weighted by atomic mass is 9.75. The molecule has 2 aliphatic heterocycles. The summed E-state index contributed by atoms with van der Waals surface area (Å²) in [6.07, 6.45) is 17.5. The largest absolute Gasteiger partial charge is 0.430 e. The van der Waals surface area contributed by atoms with Crippen molar-refractivity contribution in [2.75, 3.05) is 13.2 Å². The smallest absolute Gasteiger partial charge is 0.418 e. The molecule has 1 unspecified atom stereocenters. The van der Waals surface area contributed by atoms with Crippen molar-refractivity contribution in [1.82, 2.24) is 4.90 Å². The third-order valence-corrected chi connectivity index (χ3v) is 9.08. The van der Waals surface area contributed by atoms with Crippen molar-refractivity contribution in [2.24, 2.45) is 5.92 Å². The van der Waals surface area contributed by atoms with Crippen molar-refractivity contribution < 1.29 is 23.8 Å². The van der Waals surface area contributed by atoms with Gasteiger partial charge in [0, 0.05) is 24.0 Å². The number of hydrogen-bond donors (Lipinski definition) is 0. The zero-order valence-electron chi connectivity index (χ0n) is 27.2. The number of carbonyl (C=O) groups excluding carboxylic acids is 2. The molecule has 0 saturated carbocycles. The summed E-state index contributed by atoms with van der Waals surface area (Å²) in [5.41, 5.74) is 0.655. The van der Waals surface area contributed by atoms with Crippen molar-refractivity contribution >= 4 is 12.0 Å². The second-order valence-corrected chi connectivity index (χ2v) is 12.7. The van der Waals surface area contributed by atoms with Gasteiger partial charge >= 0.3 is 6.09 Å². The number of cyclic esters (lactones) is 1. The Bertz CT molecular complexity index is 1130. The van der Waals surface area contributed by atoms with E-state index in [0.29, 0.717) is 13.2 Å². The van der Waals surface area contributed by atoms with Crippen LogP contribution in [0.15, 0.2) is 72.8 Å². The second-order valence-electron chi connectivity index (χ2n) is 12.7. The van der Waals surface area contributed by atoms with Crippen LogP contribution >= 0.6 is 0 Å². The Hall–Kier alpha value is -2.96. The first-order valence-corrected chi connectivity index (χ1v) is 17.1. The van der Waals surface area contributed by atoms with E-state index in [1.165, 1.54) is 37.0 Å². The van der Waals surface area contributed by atoms with Crippen LogP contribution in [0.3, 0.4) is 0 Å². The molecule has 240 valence electrons. The van der Waals surface area contributed by atoms with Gasteiger partial charge in [0.2, 0.25) is 0 Å². The molecule has 6 heteroatoms. The lowest BCUT2D eigenvalue weighted by molar-refractivity contribution is -0.168. The number of allylic oxidation sites excluding steroid dienone is 1. The second kappa shape index (κ2) is 16.9. The van der Waals surface area contributed by atoms with Gasteiger partial charge in [-0.3, -0.25) is 4.79 Å². The van der Waals surface area contributed by atoms with E-state index in [0.717, 1.165) is 62.5 Å². The van der Waals surface area contributed by atoms with Crippen LogP contribution < -0.4 is 0 Å². The maximum Gasteiger partial charge on any atom is 0.418 e. The van der Waals surface area contributed by atoms with Gasteiger partial charge in [0.25, 0.3) is 5.91 Å². The zero-order chi connectivity index (χ0) is 31.3. The Labute approximate surface area is 265 Å². The van der Waals surface area contributed by atoms with Crippen LogP contribution in [0.1, 0.15) is 115 Å². The van der Waals surface area contributed by atoms with Crippen molar-refractivity contribution in [3.8, 4) is 0 Å². The number of unbranched alkanes of at least 4 members (excludes halogenated alkanes) is 9. The number of ether oxygens (including phenoxy) is 3. The molecule has 1 atom stereocenters. The van der Waals surface area contributed by atoms with E-state index in [-0.39, 0.29) is 17.6 Å². The molecule has 2 amide bonds. The van der Waals surface area contributed by atoms with Gasteiger partial charge in [0.05, 0.1) is 19.3 Å². The van der Waals surface area contributed by atoms with Crippen LogP contribution in [-0.4, -0.2) is 41.9 Å². The minimum Gasteiger partial charge on any atom is -0.430 e. The van der Waals surface area contributed by atoms with E-state index in [9.17, 15) is 9.59 Å². The molecule has 0 aromatic heterocycles. The highest BCUT2D eigenvalue weighted by Gasteiger charge is 2.59. The van der Waals surface area contributed by atoms with Crippen molar-refractivity contribution in [3.63, 3.8) is 0 Å². The molecule has 0 radical (unpaired) electrons. The number of amides is 2. The van der Waals surface area contributed by atoms with E-state index in [4.69, 9.17) is 14.2 Å². The molecule has 0 N–H and O–H groups in total. The molecular formula is C38H53NO5. The molecule has 4 rings (SSSR count). The Morgan fingerprint density at radius 1 is 0.818 bits per heavy atom. The molecule has 0 aliphatic carbocycles. The van der Waals surface area contributed by atoms with Crippen LogP contribution in [0.25, 0.3) is 0 Å². The number of hydrogen-bond acceptors (Lipinski definition) is 5. The summed E-state index contributed by atoms with van der Waals surface area (Å²) in [5.74, 6) is -0.697. The third kappa shape index (κ3) is 8.39. The summed E-state index contributed by atoms with van der Waals surface area (Å²) in [4.78, 5) is 28.2. The van der Waals surface area contributed by atoms with Crippen LogP contribution in [-0.2, 0) is 24.6 Å². The summed E-state index contributed by atoms with van der Waals surface area (Å²) in [7, 11) is 0. The van der Waals surface area contributed by atoms with E-state index in [1.807, 2.05) is 80.6 Å². The molecule has 6 nitrogen and oxygen atoms in total. The SMILES string of the molecule is CCCCCCCC1(CCCCCCCC=CC(=O)N2C(=O)OC(c3ccccc3)(c3ccccc3)C2C(C)C)OCCO1. The summed E-state index contributed by atoms with van der Waals surface area (Å²) < 4.78 is 18.3. The summed E-state index contributed by atoms with van der Waals surface area (Å²) in [6.45, 7) is 7.76. The number of benzene rings is 2. The van der Waals surface area contributed by atoms with Gasteiger partial charge in [0.15, 0.2) is 11.4 Å². The predicted octanol–water partition coefficient (Wildman–Crippen LogP) is 9.32. The van der Waals surface area contributed by atoms with Crippen molar-refractivity contribution in [1.29, 1.82) is 0 Å². The normalized spacial score (nSPS) is 19.2. The summed E-state index contributed by atoms with van der Waals surface area (Å²) >= 11 is 0. The number of rotatable bonds is 18. The van der Waals surface area contributed by atoms with Gasteiger partial charge in [-0.1, -0.05) is 132 Å². The third-order valence-electron chi connectivity index (χ3n) is 9.08. The standard InChI is InChI=1S/C38H53NO5/c1-4-5-6-11-20-27-37(42-29-30-43-37)28-21-12-9-7-8-10-19-26-34(40)39-35(31(2)3)38(44-36(39)41,32-22-15-13-16-23-32)33-24-17-14-18-25-33/h13-19,22-26,31,35H,4-12,20-21,27-30H2,1-3H3. The Kier molecular flexibility index (Phi) is 13.1. The highest BCUT2D eigenvalue weighted by molar-refractivity contribution is 6.00. The van der Waals surface area contributed by atoms with E-state index >= 15 is 0 Å². The first-order chi connectivity index (χ1) is 21.4. The Balaban J connectivity index is 1.26. The fourth-order valence-electron chi connectivity index (χ4n) is 6.89. The van der Waals surface area contributed by atoms with Crippen LogP contribution in [0, 0.1) is 5.92 Å². The molecular weight excluding hydrogens is 550 g/mol. The molecule has 44 heavy (non-hydrogen) atoms. The molecule has 2 saturated heterocycles. The van der Waals surface area contributed by atoms with Crippen molar-refractivity contribution in [2.45, 2.75) is 122 Å². The highest BCUT2D eigenvalue weighted by Crippen LogP contribution is 2.47. The molecule has 2 fully saturated rings. The van der Waals surface area contributed by atoms with Gasteiger partial charge in [0.1, 0.15) is 0 Å². The fraction of sp³-hybridized carbons (Fsp3) is 0.579. The molecule has 2 heterocycles. The number of imide groups is 1. The highest BCUT2D eigenvalue weighted by atomic mass is 16.7. The van der Waals surface area contributed by atoms with Crippen LogP contribution in [0.4, 0.5) is 4.79 Å². The summed E-state index contributed by atoms with van der Waals surface area (Å²) in [6, 6.07) is 19.1. The average Bonchev–Trinajstić information content (AvgIpc) is 3.64. The average molecular weight is 604 g/mol. The molecule has 0 spiro atoms.